The Morgan fingerprint density at radius 1 is 1.09 bits per heavy atom. The van der Waals surface area contributed by atoms with Crippen molar-refractivity contribution in [2.24, 2.45) is 0 Å². The van der Waals surface area contributed by atoms with Crippen molar-refractivity contribution in [1.29, 1.82) is 0 Å². The number of carbonyl (C=O) groups is 2. The molecule has 1 saturated carbocycles. The molecule has 43 heavy (non-hydrogen) atoms. The molecule has 4 N–H and O–H groups in total. The van der Waals surface area contributed by atoms with Gasteiger partial charge in [-0.2, -0.15) is 13.2 Å². The first kappa shape index (κ1) is 30.8. The maximum absolute atomic E-state index is 14.1. The van der Waals surface area contributed by atoms with Crippen molar-refractivity contribution in [3.05, 3.63) is 70.3 Å². The van der Waals surface area contributed by atoms with E-state index in [2.05, 4.69) is 5.32 Å². The zero-order chi connectivity index (χ0) is 30.9. The number of fused-ring (bicyclic) bond motifs is 3. The zero-order valence-electron chi connectivity index (χ0n) is 23.6. The van der Waals surface area contributed by atoms with Crippen LogP contribution in [-0.4, -0.2) is 76.6 Å². The van der Waals surface area contributed by atoms with E-state index in [1.165, 1.54) is 18.1 Å². The highest BCUT2D eigenvalue weighted by Gasteiger charge is 2.52. The maximum Gasteiger partial charge on any atom is 0.416 e. The first-order valence-corrected chi connectivity index (χ1v) is 14.4. The molecule has 2 aromatic carbocycles. The number of carbonyl (C=O) groups excluding carboxylic acids is 2. The van der Waals surface area contributed by atoms with Crippen LogP contribution < -0.4 is 14.8 Å². The Hall–Kier alpha value is -3.61. The topological polar surface area (TPSA) is 129 Å². The van der Waals surface area contributed by atoms with Crippen LogP contribution in [0.2, 0.25) is 0 Å². The molecule has 1 heterocycles. The number of hydrogen-bond donors (Lipinski definition) is 4. The number of methoxy groups -OCH3 is 1. The van der Waals surface area contributed by atoms with E-state index < -0.39 is 47.7 Å². The second-order valence-electron chi connectivity index (χ2n) is 11.1. The molecule has 5 rings (SSSR count). The fourth-order valence-corrected chi connectivity index (χ4v) is 6.44. The first-order chi connectivity index (χ1) is 20.6. The van der Waals surface area contributed by atoms with Gasteiger partial charge in [0.25, 0.3) is 5.91 Å². The molecule has 0 saturated heterocycles. The second kappa shape index (κ2) is 12.6. The van der Waals surface area contributed by atoms with E-state index in [0.29, 0.717) is 35.5 Å². The minimum atomic E-state index is -4.56. The smallest absolute Gasteiger partial charge is 0.416 e. The molecule has 1 aliphatic heterocycles. The van der Waals surface area contributed by atoms with Crippen LogP contribution in [0.15, 0.2) is 48.0 Å². The Bertz CT molecular complexity index is 1370. The van der Waals surface area contributed by atoms with E-state index in [1.807, 2.05) is 0 Å². The molecule has 2 aliphatic carbocycles. The molecule has 2 amide bonds. The van der Waals surface area contributed by atoms with Gasteiger partial charge in [-0.25, -0.2) is 0 Å². The number of hydrogen-bond acceptors (Lipinski definition) is 7. The van der Waals surface area contributed by atoms with Gasteiger partial charge in [0.1, 0.15) is 12.2 Å². The normalized spacial score (nSPS) is 23.5. The lowest BCUT2D eigenvalue weighted by atomic mass is 9.76. The second-order valence-corrected chi connectivity index (χ2v) is 11.1. The Labute approximate surface area is 246 Å². The summed E-state index contributed by atoms with van der Waals surface area (Å²) in [4.78, 5) is 29.1. The van der Waals surface area contributed by atoms with Gasteiger partial charge in [-0.3, -0.25) is 9.59 Å². The van der Waals surface area contributed by atoms with Crippen molar-refractivity contribution in [3.8, 4) is 11.5 Å². The Morgan fingerprint density at radius 3 is 2.40 bits per heavy atom. The van der Waals surface area contributed by atoms with Crippen molar-refractivity contribution in [1.82, 2.24) is 10.2 Å². The number of ether oxygens (including phenoxy) is 2. The predicted octanol–water partition coefficient (Wildman–Crippen LogP) is 3.30. The maximum atomic E-state index is 14.1. The Kier molecular flexibility index (Phi) is 9.00. The summed E-state index contributed by atoms with van der Waals surface area (Å²) < 4.78 is 51.4. The Balaban J connectivity index is 1.60. The molecule has 0 bridgehead atoms. The number of halogens is 3. The molecule has 4 atom stereocenters. The monoisotopic (exact) mass is 604 g/mol. The summed E-state index contributed by atoms with van der Waals surface area (Å²) in [5.41, 5.74) is 0.371. The van der Waals surface area contributed by atoms with Gasteiger partial charge in [0, 0.05) is 29.3 Å². The zero-order valence-corrected chi connectivity index (χ0v) is 23.6. The van der Waals surface area contributed by atoms with Crippen LogP contribution in [-0.2, 0) is 17.6 Å². The third-order valence-corrected chi connectivity index (χ3v) is 8.48. The molecular weight excluding hydrogens is 569 g/mol. The summed E-state index contributed by atoms with van der Waals surface area (Å²) in [6.07, 6.45) is -1.51. The van der Waals surface area contributed by atoms with Crippen LogP contribution in [0.25, 0.3) is 0 Å². The lowest BCUT2D eigenvalue weighted by Gasteiger charge is -2.45. The van der Waals surface area contributed by atoms with E-state index in [-0.39, 0.29) is 36.9 Å². The highest BCUT2D eigenvalue weighted by molar-refractivity contribution is 5.97. The average Bonchev–Trinajstić information content (AvgIpc) is 3.40. The number of alkyl halides is 3. The quantitative estimate of drug-likeness (QED) is 0.364. The van der Waals surface area contributed by atoms with E-state index >= 15 is 0 Å². The molecule has 232 valence electrons. The summed E-state index contributed by atoms with van der Waals surface area (Å²) in [6.45, 7) is -0.653. The van der Waals surface area contributed by atoms with Gasteiger partial charge in [0.2, 0.25) is 5.91 Å². The third kappa shape index (κ3) is 5.96. The lowest BCUT2D eigenvalue weighted by Crippen LogP contribution is -2.58. The number of aliphatic hydroxyl groups excluding tert-OH is 3. The molecule has 0 unspecified atom stereocenters. The summed E-state index contributed by atoms with van der Waals surface area (Å²) in [5, 5.41) is 33.7. The highest BCUT2D eigenvalue weighted by atomic mass is 19.4. The first-order valence-electron chi connectivity index (χ1n) is 14.4. The lowest BCUT2D eigenvalue weighted by molar-refractivity contribution is -0.137. The molecule has 12 heteroatoms. The van der Waals surface area contributed by atoms with Crippen LogP contribution in [0.4, 0.5) is 13.2 Å². The number of aliphatic hydroxyl groups is 3. The summed E-state index contributed by atoms with van der Waals surface area (Å²) in [7, 11) is 1.43. The minimum absolute atomic E-state index is 0.0254. The summed E-state index contributed by atoms with van der Waals surface area (Å²) in [5.74, 6) is -1.27. The van der Waals surface area contributed by atoms with Gasteiger partial charge in [0.15, 0.2) is 11.5 Å². The fraction of sp³-hybridized carbons (Fsp3) is 0.484. The van der Waals surface area contributed by atoms with Crippen molar-refractivity contribution in [3.63, 3.8) is 0 Å². The molecule has 1 fully saturated rings. The van der Waals surface area contributed by atoms with Crippen molar-refractivity contribution < 1.29 is 47.6 Å². The van der Waals surface area contributed by atoms with Crippen LogP contribution >= 0.6 is 0 Å². The SMILES string of the molecule is COc1cc(CO)cc2c1O[C@@H]1[C@@H](O)[C@H](N(C(=O)c3ccc(C(F)(F)F)cc3)C3CCCCC3)C=C(C(=O)NCCO)[C@H]21. The standard InChI is InChI=1S/C31H35F3N2O7/c1-42-24-14-17(16-38)13-21-25-22(29(40)35-11-12-37)15-23(26(39)28(25)43-27(21)24)36(20-5-3-2-4-6-20)30(41)18-7-9-19(10-8-18)31(32,33)34/h7-10,13-15,20,23,25-26,28,37-39H,2-6,11-12,16H2,1H3,(H,35,40)/t23-,25+,26+,28+/m1/s1. The van der Waals surface area contributed by atoms with Crippen molar-refractivity contribution in [2.75, 3.05) is 20.3 Å². The van der Waals surface area contributed by atoms with Crippen LogP contribution in [0.1, 0.15) is 65.1 Å². The van der Waals surface area contributed by atoms with Crippen molar-refractivity contribution >= 4 is 11.8 Å². The predicted molar refractivity (Wildman–Crippen MR) is 149 cm³/mol. The van der Waals surface area contributed by atoms with Gasteiger partial charge in [-0.05, 0) is 60.9 Å². The van der Waals surface area contributed by atoms with Gasteiger partial charge in [-0.1, -0.05) is 19.3 Å². The number of nitrogens with zero attached hydrogens (tertiary/aromatic N) is 1. The van der Waals surface area contributed by atoms with Crippen LogP contribution in [0.3, 0.4) is 0 Å². The van der Waals surface area contributed by atoms with Crippen molar-refractivity contribution in [2.45, 2.75) is 75.1 Å². The van der Waals surface area contributed by atoms with Gasteiger partial charge >= 0.3 is 6.18 Å². The molecule has 0 spiro atoms. The Morgan fingerprint density at radius 2 is 1.79 bits per heavy atom. The minimum Gasteiger partial charge on any atom is -0.493 e. The van der Waals surface area contributed by atoms with E-state index in [1.54, 1.807) is 12.1 Å². The fourth-order valence-electron chi connectivity index (χ4n) is 6.44. The molecule has 9 nitrogen and oxygen atoms in total. The van der Waals surface area contributed by atoms with Gasteiger partial charge in [0.05, 0.1) is 37.8 Å². The number of rotatable bonds is 8. The van der Waals surface area contributed by atoms with E-state index in [9.17, 15) is 38.1 Å². The molecule has 2 aromatic rings. The van der Waals surface area contributed by atoms with Gasteiger partial charge in [-0.15, -0.1) is 0 Å². The highest BCUT2D eigenvalue weighted by Crippen LogP contribution is 2.52. The molecular formula is C31H35F3N2O7. The largest absolute Gasteiger partial charge is 0.493 e. The third-order valence-electron chi connectivity index (χ3n) is 8.48. The summed E-state index contributed by atoms with van der Waals surface area (Å²) in [6, 6.07) is 5.84. The van der Waals surface area contributed by atoms with Crippen LogP contribution in [0.5, 0.6) is 11.5 Å². The van der Waals surface area contributed by atoms with E-state index in [4.69, 9.17) is 9.47 Å². The average molecular weight is 605 g/mol. The molecule has 0 radical (unpaired) electrons. The van der Waals surface area contributed by atoms with E-state index in [0.717, 1.165) is 43.5 Å². The number of nitrogens with one attached hydrogen (secondary N) is 1. The van der Waals surface area contributed by atoms with Crippen LogP contribution in [0, 0.1) is 0 Å². The number of benzene rings is 2. The summed E-state index contributed by atoms with van der Waals surface area (Å²) >= 11 is 0. The van der Waals surface area contributed by atoms with Gasteiger partial charge < -0.3 is 35.0 Å². The number of amides is 2. The molecule has 3 aliphatic rings. The molecule has 0 aromatic heterocycles.